The molecule has 6 atom stereocenters. The summed E-state index contributed by atoms with van der Waals surface area (Å²) in [4.78, 5) is 48.7. The lowest BCUT2D eigenvalue weighted by atomic mass is 10.0. The molecule has 2 aliphatic rings. The third-order valence-corrected chi connectivity index (χ3v) is 4.71. The van der Waals surface area contributed by atoms with Crippen molar-refractivity contribution in [3.05, 3.63) is 24.3 Å². The van der Waals surface area contributed by atoms with E-state index in [1.54, 1.807) is 0 Å². The number of methoxy groups -OCH3 is 2. The van der Waals surface area contributed by atoms with Gasteiger partial charge in [-0.3, -0.25) is 0 Å². The Bertz CT molecular complexity index is 717. The lowest BCUT2D eigenvalue weighted by Gasteiger charge is -2.29. The van der Waals surface area contributed by atoms with Gasteiger partial charge >= 0.3 is 23.9 Å². The minimum atomic E-state index is -2.43. The van der Waals surface area contributed by atoms with Crippen molar-refractivity contribution in [2.75, 3.05) is 14.2 Å². The molecule has 12 nitrogen and oxygen atoms in total. The molecule has 166 valence electrons. The first-order chi connectivity index (χ1) is 14.0. The number of aliphatic hydroxyl groups is 2. The summed E-state index contributed by atoms with van der Waals surface area (Å²) in [7, 11) is 2.12. The van der Waals surface area contributed by atoms with Gasteiger partial charge in [0.15, 0.2) is 12.2 Å². The lowest BCUT2D eigenvalue weighted by molar-refractivity contribution is -0.193. The number of hydrogen-bond donors (Lipinski definition) is 4. The van der Waals surface area contributed by atoms with Crippen LogP contribution < -0.4 is 11.5 Å². The predicted octanol–water partition coefficient (Wildman–Crippen LogP) is -2.81. The van der Waals surface area contributed by atoms with E-state index in [1.165, 1.54) is 24.3 Å². The Balaban J connectivity index is 2.11. The number of rotatable bonds is 7. The molecule has 2 aliphatic carbocycles. The maximum absolute atomic E-state index is 12.3. The Morgan fingerprint density at radius 2 is 1.17 bits per heavy atom. The van der Waals surface area contributed by atoms with E-state index in [9.17, 15) is 29.4 Å². The van der Waals surface area contributed by atoms with Gasteiger partial charge in [-0.2, -0.15) is 0 Å². The average molecular weight is 428 g/mol. The van der Waals surface area contributed by atoms with Gasteiger partial charge in [0, 0.05) is 24.9 Å². The Kier molecular flexibility index (Phi) is 6.98. The van der Waals surface area contributed by atoms with Crippen molar-refractivity contribution >= 4 is 23.9 Å². The monoisotopic (exact) mass is 428 g/mol. The Hall–Kier alpha value is -2.80. The minimum Gasteiger partial charge on any atom is -0.466 e. The van der Waals surface area contributed by atoms with Gasteiger partial charge in [-0.15, -0.1) is 0 Å². The second kappa shape index (κ2) is 8.92. The van der Waals surface area contributed by atoms with E-state index in [2.05, 4.69) is 9.47 Å². The molecule has 6 N–H and O–H groups in total. The highest BCUT2D eigenvalue weighted by Crippen LogP contribution is 2.30. The number of ether oxygens (including phenoxy) is 4. The van der Waals surface area contributed by atoms with E-state index in [0.717, 1.165) is 14.2 Å². The minimum absolute atomic E-state index is 0.160. The number of esters is 4. The molecule has 0 aromatic heterocycles. The van der Waals surface area contributed by atoms with Crippen LogP contribution in [0.3, 0.4) is 0 Å². The first-order valence-corrected chi connectivity index (χ1v) is 8.89. The summed E-state index contributed by atoms with van der Waals surface area (Å²) in [5.74, 6) is -4.93. The fourth-order valence-electron chi connectivity index (χ4n) is 3.15. The van der Waals surface area contributed by atoms with Crippen molar-refractivity contribution in [1.82, 2.24) is 0 Å². The molecule has 30 heavy (non-hydrogen) atoms. The molecule has 0 aromatic rings. The normalized spacial score (nSPS) is 31.7. The molecule has 0 saturated heterocycles. The van der Waals surface area contributed by atoms with E-state index < -0.39 is 59.4 Å². The second-order valence-corrected chi connectivity index (χ2v) is 6.95. The molecule has 0 fully saturated rings. The molecular weight excluding hydrogens is 404 g/mol. The Labute approximate surface area is 171 Å². The van der Waals surface area contributed by atoms with E-state index in [-0.39, 0.29) is 12.8 Å². The molecule has 2 rings (SSSR count). The molecule has 0 heterocycles. The van der Waals surface area contributed by atoms with Crippen molar-refractivity contribution in [3.8, 4) is 0 Å². The van der Waals surface area contributed by atoms with E-state index >= 15 is 0 Å². The third-order valence-electron chi connectivity index (χ3n) is 4.71. The highest BCUT2D eigenvalue weighted by molar-refractivity contribution is 5.92. The number of hydrogen-bond acceptors (Lipinski definition) is 12. The molecular formula is C18H24N2O10. The predicted molar refractivity (Wildman–Crippen MR) is 97.2 cm³/mol. The molecule has 0 aliphatic heterocycles. The quantitative estimate of drug-likeness (QED) is 0.185. The number of aliphatic hydroxyl groups excluding tert-OH is 2. The second-order valence-electron chi connectivity index (χ2n) is 6.95. The van der Waals surface area contributed by atoms with Crippen LogP contribution in [0.2, 0.25) is 0 Å². The zero-order valence-corrected chi connectivity index (χ0v) is 16.3. The first kappa shape index (κ1) is 23.5. The van der Waals surface area contributed by atoms with Crippen LogP contribution in [0.15, 0.2) is 24.3 Å². The molecule has 0 unspecified atom stereocenters. The van der Waals surface area contributed by atoms with Gasteiger partial charge in [-0.25, -0.2) is 19.2 Å². The summed E-state index contributed by atoms with van der Waals surface area (Å²) in [5.41, 5.74) is 7.55. The van der Waals surface area contributed by atoms with Crippen LogP contribution in [0.4, 0.5) is 0 Å². The van der Waals surface area contributed by atoms with Crippen molar-refractivity contribution in [2.24, 2.45) is 11.5 Å². The zero-order valence-electron chi connectivity index (χ0n) is 16.3. The van der Waals surface area contributed by atoms with Crippen LogP contribution in [0.1, 0.15) is 12.8 Å². The van der Waals surface area contributed by atoms with Crippen molar-refractivity contribution in [2.45, 2.75) is 48.3 Å². The standard InChI is InChI=1S/C18H24N2O10/c1-27-15(25)17(5-3-9(19)7-17)29-13(23)11(21)12(22)14(24)30-18(16(26)28-2)6-4-10(20)8-18/h3-6,9-12,21-22H,7-8,19-20H2,1-2H3/t9-,10-,11+,12+,17-,18-/m0/s1. The Morgan fingerprint density at radius 1 is 0.833 bits per heavy atom. The van der Waals surface area contributed by atoms with Crippen LogP contribution in [0, 0.1) is 0 Å². The molecule has 0 amide bonds. The smallest absolute Gasteiger partial charge is 0.354 e. The molecule has 0 bridgehead atoms. The maximum atomic E-state index is 12.3. The maximum Gasteiger partial charge on any atom is 0.354 e. The van der Waals surface area contributed by atoms with E-state index in [4.69, 9.17) is 20.9 Å². The first-order valence-electron chi connectivity index (χ1n) is 8.89. The molecule has 0 radical (unpaired) electrons. The van der Waals surface area contributed by atoms with Gasteiger partial charge in [-0.05, 0) is 12.2 Å². The summed E-state index contributed by atoms with van der Waals surface area (Å²) in [5, 5.41) is 20.1. The third kappa shape index (κ3) is 4.51. The average Bonchev–Trinajstić information content (AvgIpc) is 3.28. The summed E-state index contributed by atoms with van der Waals surface area (Å²) in [6.45, 7) is 0. The van der Waals surface area contributed by atoms with Crippen LogP contribution in [-0.2, 0) is 38.1 Å². The summed E-state index contributed by atoms with van der Waals surface area (Å²) in [6, 6.07) is -1.25. The van der Waals surface area contributed by atoms with Crippen LogP contribution in [0.25, 0.3) is 0 Å². The van der Waals surface area contributed by atoms with Crippen molar-refractivity contribution < 1.29 is 48.3 Å². The van der Waals surface area contributed by atoms with Crippen LogP contribution in [-0.4, -0.2) is 83.8 Å². The van der Waals surface area contributed by atoms with Gasteiger partial charge in [0.05, 0.1) is 14.2 Å². The lowest BCUT2D eigenvalue weighted by Crippen LogP contribution is -2.51. The zero-order chi connectivity index (χ0) is 22.7. The molecule has 12 heteroatoms. The highest BCUT2D eigenvalue weighted by atomic mass is 16.6. The summed E-state index contributed by atoms with van der Waals surface area (Å²) in [6.07, 6.45) is -0.00439. The largest absolute Gasteiger partial charge is 0.466 e. The molecule has 0 saturated carbocycles. The fraction of sp³-hybridized carbons (Fsp3) is 0.556. The number of carbonyl (C=O) groups is 4. The van der Waals surface area contributed by atoms with Crippen molar-refractivity contribution in [3.63, 3.8) is 0 Å². The number of nitrogens with two attached hydrogens (primary N) is 2. The highest BCUT2D eigenvalue weighted by Gasteiger charge is 2.50. The van der Waals surface area contributed by atoms with Crippen molar-refractivity contribution in [1.29, 1.82) is 0 Å². The topological polar surface area (TPSA) is 198 Å². The summed E-state index contributed by atoms with van der Waals surface area (Å²) >= 11 is 0. The van der Waals surface area contributed by atoms with Gasteiger partial charge < -0.3 is 40.6 Å². The van der Waals surface area contributed by atoms with E-state index in [1.807, 2.05) is 0 Å². The van der Waals surface area contributed by atoms with Crippen LogP contribution in [0.5, 0.6) is 0 Å². The number of carbonyl (C=O) groups excluding carboxylic acids is 4. The van der Waals surface area contributed by atoms with Crippen LogP contribution >= 0.6 is 0 Å². The summed E-state index contributed by atoms with van der Waals surface area (Å²) < 4.78 is 19.2. The van der Waals surface area contributed by atoms with Gasteiger partial charge in [0.25, 0.3) is 0 Å². The molecule has 0 spiro atoms. The molecule has 0 aromatic carbocycles. The van der Waals surface area contributed by atoms with Gasteiger partial charge in [-0.1, -0.05) is 12.2 Å². The van der Waals surface area contributed by atoms with E-state index in [0.29, 0.717) is 0 Å². The SMILES string of the molecule is COC(=O)[C@]1(OC(=O)[C@H](O)[C@@H](O)C(=O)O[C@@]2(C(=O)OC)C=C[C@H](N)C2)C=C[C@H](N)C1. The Morgan fingerprint density at radius 3 is 1.40 bits per heavy atom. The van der Waals surface area contributed by atoms with Gasteiger partial charge in [0.1, 0.15) is 0 Å². The fourth-order valence-corrected chi connectivity index (χ4v) is 3.15. The van der Waals surface area contributed by atoms with Gasteiger partial charge in [0.2, 0.25) is 11.2 Å².